The van der Waals surface area contributed by atoms with Crippen molar-refractivity contribution in [1.29, 1.82) is 0 Å². The van der Waals surface area contributed by atoms with Crippen LogP contribution in [0.25, 0.3) is 0 Å². The molecule has 0 aliphatic rings. The van der Waals surface area contributed by atoms with Crippen LogP contribution in [0, 0.1) is 4.77 Å². The van der Waals surface area contributed by atoms with Crippen molar-refractivity contribution in [3.05, 3.63) is 16.7 Å². The molecule has 1 aromatic rings. The van der Waals surface area contributed by atoms with Gasteiger partial charge < -0.3 is 14.9 Å². The van der Waals surface area contributed by atoms with Crippen LogP contribution in [0.4, 0.5) is 0 Å². The van der Waals surface area contributed by atoms with Gasteiger partial charge in [0.2, 0.25) is 5.91 Å². The molecule has 1 heterocycles. The first-order valence-electron chi connectivity index (χ1n) is 5.99. The maximum absolute atomic E-state index is 11.6. The minimum Gasteiger partial charge on any atom is -0.354 e. The molecule has 96 valence electrons. The Hall–Kier alpha value is -1.10. The molecular formula is C12H21N3OS. The van der Waals surface area contributed by atoms with Crippen molar-refractivity contribution in [2.45, 2.75) is 52.6 Å². The van der Waals surface area contributed by atoms with Crippen LogP contribution in [0.15, 0.2) is 6.20 Å². The molecular weight excluding hydrogens is 234 g/mol. The lowest BCUT2D eigenvalue weighted by atomic mass is 10.1. The van der Waals surface area contributed by atoms with Crippen molar-refractivity contribution in [1.82, 2.24) is 14.9 Å². The molecule has 0 aliphatic carbocycles. The van der Waals surface area contributed by atoms with Gasteiger partial charge in [0.25, 0.3) is 0 Å². The number of hydrogen-bond donors (Lipinski definition) is 2. The quantitative estimate of drug-likeness (QED) is 0.795. The van der Waals surface area contributed by atoms with Gasteiger partial charge >= 0.3 is 0 Å². The molecule has 4 nitrogen and oxygen atoms in total. The van der Waals surface area contributed by atoms with Crippen molar-refractivity contribution in [2.75, 3.05) is 0 Å². The number of nitrogens with one attached hydrogen (secondary N) is 2. The highest BCUT2D eigenvalue weighted by molar-refractivity contribution is 7.71. The third-order valence-electron chi connectivity index (χ3n) is 2.50. The zero-order chi connectivity index (χ0) is 13.0. The van der Waals surface area contributed by atoms with Gasteiger partial charge in [-0.05, 0) is 32.0 Å². The second kappa shape index (κ2) is 6.00. The van der Waals surface area contributed by atoms with E-state index >= 15 is 0 Å². The Bertz CT molecular complexity index is 431. The van der Waals surface area contributed by atoms with Gasteiger partial charge in [-0.15, -0.1) is 0 Å². The summed E-state index contributed by atoms with van der Waals surface area (Å²) in [5.41, 5.74) is 1.15. The van der Waals surface area contributed by atoms with Crippen LogP contribution < -0.4 is 5.32 Å². The van der Waals surface area contributed by atoms with Gasteiger partial charge in [0.15, 0.2) is 4.77 Å². The van der Waals surface area contributed by atoms with Gasteiger partial charge in [0, 0.05) is 30.9 Å². The first-order chi connectivity index (χ1) is 7.91. The molecule has 0 saturated heterocycles. The predicted octanol–water partition coefficient (Wildman–Crippen LogP) is 2.58. The van der Waals surface area contributed by atoms with Crippen molar-refractivity contribution < 1.29 is 4.79 Å². The number of carbonyl (C=O) groups is 1. The van der Waals surface area contributed by atoms with Gasteiger partial charge in [-0.3, -0.25) is 4.79 Å². The van der Waals surface area contributed by atoms with E-state index < -0.39 is 0 Å². The molecule has 0 unspecified atom stereocenters. The van der Waals surface area contributed by atoms with Crippen LogP contribution in [0.2, 0.25) is 0 Å². The van der Waals surface area contributed by atoms with Crippen molar-refractivity contribution >= 4 is 18.1 Å². The summed E-state index contributed by atoms with van der Waals surface area (Å²) in [5, 5.41) is 2.88. The Morgan fingerprint density at radius 3 is 2.65 bits per heavy atom. The van der Waals surface area contributed by atoms with Gasteiger partial charge in [-0.2, -0.15) is 0 Å². The summed E-state index contributed by atoms with van der Waals surface area (Å²) in [7, 11) is 0. The van der Waals surface area contributed by atoms with E-state index in [2.05, 4.69) is 24.1 Å². The van der Waals surface area contributed by atoms with Gasteiger partial charge in [0.05, 0.1) is 0 Å². The lowest BCUT2D eigenvalue weighted by Gasteiger charge is -2.12. The summed E-state index contributed by atoms with van der Waals surface area (Å²) in [6, 6.07) is 0.186. The fourth-order valence-electron chi connectivity index (χ4n) is 1.73. The SMILES string of the molecule is CC(C)NC(=O)CCn1c(C(C)C)c[nH]c1=S. The third kappa shape index (κ3) is 4.00. The van der Waals surface area contributed by atoms with Gasteiger partial charge in [0.1, 0.15) is 0 Å². The maximum Gasteiger partial charge on any atom is 0.221 e. The van der Waals surface area contributed by atoms with Crippen LogP contribution >= 0.6 is 12.2 Å². The van der Waals surface area contributed by atoms with Crippen LogP contribution in [-0.2, 0) is 11.3 Å². The largest absolute Gasteiger partial charge is 0.354 e. The summed E-state index contributed by atoms with van der Waals surface area (Å²) < 4.78 is 2.69. The molecule has 0 radical (unpaired) electrons. The number of rotatable bonds is 5. The van der Waals surface area contributed by atoms with Crippen molar-refractivity contribution in [3.63, 3.8) is 0 Å². The molecule has 0 spiro atoms. The topological polar surface area (TPSA) is 49.8 Å². The Kier molecular flexibility index (Phi) is 4.93. The lowest BCUT2D eigenvalue weighted by Crippen LogP contribution is -2.30. The molecule has 1 rings (SSSR count). The highest BCUT2D eigenvalue weighted by atomic mass is 32.1. The molecule has 1 aromatic heterocycles. The number of H-pyrrole nitrogens is 1. The molecule has 1 amide bonds. The van der Waals surface area contributed by atoms with E-state index in [-0.39, 0.29) is 11.9 Å². The van der Waals surface area contributed by atoms with Crippen molar-refractivity contribution in [3.8, 4) is 0 Å². The first-order valence-corrected chi connectivity index (χ1v) is 6.40. The summed E-state index contributed by atoms with van der Waals surface area (Å²) in [4.78, 5) is 14.6. The van der Waals surface area contributed by atoms with E-state index in [1.807, 2.05) is 24.6 Å². The fourth-order valence-corrected chi connectivity index (χ4v) is 1.98. The van der Waals surface area contributed by atoms with Crippen molar-refractivity contribution in [2.24, 2.45) is 0 Å². The average molecular weight is 255 g/mol. The second-order valence-electron chi connectivity index (χ2n) is 4.80. The molecule has 0 aliphatic heterocycles. The molecule has 0 fully saturated rings. The van der Waals surface area contributed by atoms with E-state index in [4.69, 9.17) is 12.2 Å². The number of amides is 1. The van der Waals surface area contributed by atoms with Crippen LogP contribution in [0.5, 0.6) is 0 Å². The predicted molar refractivity (Wildman–Crippen MR) is 71.6 cm³/mol. The normalized spacial score (nSPS) is 11.2. The van der Waals surface area contributed by atoms with Gasteiger partial charge in [-0.25, -0.2) is 0 Å². The van der Waals surface area contributed by atoms with E-state index in [0.29, 0.717) is 23.7 Å². The van der Waals surface area contributed by atoms with Gasteiger partial charge in [-0.1, -0.05) is 13.8 Å². The lowest BCUT2D eigenvalue weighted by molar-refractivity contribution is -0.121. The number of carbonyl (C=O) groups excluding carboxylic acids is 1. The Morgan fingerprint density at radius 1 is 1.47 bits per heavy atom. The van der Waals surface area contributed by atoms with Crippen LogP contribution in [-0.4, -0.2) is 21.5 Å². The Balaban J connectivity index is 2.66. The Labute approximate surface area is 107 Å². The third-order valence-corrected chi connectivity index (χ3v) is 2.84. The second-order valence-corrected chi connectivity index (χ2v) is 5.18. The molecule has 0 aromatic carbocycles. The molecule has 0 bridgehead atoms. The summed E-state index contributed by atoms with van der Waals surface area (Å²) in [5.74, 6) is 0.467. The highest BCUT2D eigenvalue weighted by Gasteiger charge is 2.10. The summed E-state index contributed by atoms with van der Waals surface area (Å²) in [6.07, 6.45) is 2.39. The number of nitrogens with zero attached hydrogens (tertiary/aromatic N) is 1. The Morgan fingerprint density at radius 2 is 2.12 bits per heavy atom. The smallest absolute Gasteiger partial charge is 0.221 e. The average Bonchev–Trinajstić information content (AvgIpc) is 2.55. The molecule has 0 saturated carbocycles. The minimum atomic E-state index is 0.0674. The highest BCUT2D eigenvalue weighted by Crippen LogP contribution is 2.14. The first kappa shape index (κ1) is 14.0. The number of imidazole rings is 1. The zero-order valence-corrected chi connectivity index (χ0v) is 11.7. The van der Waals surface area contributed by atoms with E-state index in [0.717, 1.165) is 5.69 Å². The molecule has 5 heteroatoms. The summed E-state index contributed by atoms with van der Waals surface area (Å²) >= 11 is 5.21. The van der Waals surface area contributed by atoms with Crippen LogP contribution in [0.1, 0.15) is 45.7 Å². The van der Waals surface area contributed by atoms with E-state index in [1.54, 1.807) is 0 Å². The van der Waals surface area contributed by atoms with E-state index in [9.17, 15) is 4.79 Å². The van der Waals surface area contributed by atoms with E-state index in [1.165, 1.54) is 0 Å². The monoisotopic (exact) mass is 255 g/mol. The number of hydrogen-bond acceptors (Lipinski definition) is 2. The number of aromatic amines is 1. The summed E-state index contributed by atoms with van der Waals surface area (Å²) in [6.45, 7) is 8.78. The standard InChI is InChI=1S/C12H21N3OS/c1-8(2)10-7-13-12(17)15(10)6-5-11(16)14-9(3)4/h7-9H,5-6H2,1-4H3,(H,13,17)(H,14,16). The maximum atomic E-state index is 11.6. The molecule has 2 N–H and O–H groups in total. The van der Waals surface area contributed by atoms with Crippen LogP contribution in [0.3, 0.4) is 0 Å². The minimum absolute atomic E-state index is 0.0674. The fraction of sp³-hybridized carbons (Fsp3) is 0.667. The zero-order valence-electron chi connectivity index (χ0n) is 10.9. The molecule has 17 heavy (non-hydrogen) atoms. The molecule has 0 atom stereocenters. The number of aromatic nitrogens is 2.